The molecule has 0 radical (unpaired) electrons. The maximum atomic E-state index is 5.18. The largest absolute Gasteiger partial charge is 0.495 e. The third kappa shape index (κ3) is 4.17. The molecule has 0 fully saturated rings. The normalized spacial score (nSPS) is 13.0. The van der Waals surface area contributed by atoms with E-state index in [1.54, 1.807) is 0 Å². The molecule has 1 aromatic carbocycles. The second-order valence-corrected chi connectivity index (χ2v) is 3.45. The maximum Gasteiger partial charge on any atom is 0.153 e. The third-order valence-corrected chi connectivity index (χ3v) is 2.03. The van der Waals surface area contributed by atoms with Crippen molar-refractivity contribution in [2.24, 2.45) is 5.16 Å². The molecule has 0 N–H and O–H groups in total. The van der Waals surface area contributed by atoms with Gasteiger partial charge in [0.1, 0.15) is 6.10 Å². The molecular weight excluding hydrogens is 202 g/mol. The van der Waals surface area contributed by atoms with E-state index in [4.69, 9.17) is 9.57 Å². The van der Waals surface area contributed by atoms with E-state index < -0.39 is 0 Å². The number of hydrogen-bond donors (Lipinski definition) is 0. The zero-order valence-corrected chi connectivity index (χ0v) is 9.72. The highest BCUT2D eigenvalue weighted by Crippen LogP contribution is 2.01. The summed E-state index contributed by atoms with van der Waals surface area (Å²) in [4.78, 5) is 5.18. The second-order valence-electron chi connectivity index (χ2n) is 3.45. The smallest absolute Gasteiger partial charge is 0.153 e. The van der Waals surface area contributed by atoms with Crippen molar-refractivity contribution in [3.63, 3.8) is 0 Å². The van der Waals surface area contributed by atoms with Gasteiger partial charge in [-0.25, -0.2) is 0 Å². The standard InChI is InChI=1S/C13H17NO2/c1-4-15-11(2)10-16-14-12(3)13-8-6-5-7-9-13/h4-9,11H,1,10H2,2-3H3. The van der Waals surface area contributed by atoms with Crippen LogP contribution >= 0.6 is 0 Å². The fourth-order valence-corrected chi connectivity index (χ4v) is 1.17. The van der Waals surface area contributed by atoms with Crippen molar-refractivity contribution in [1.82, 2.24) is 0 Å². The van der Waals surface area contributed by atoms with E-state index in [-0.39, 0.29) is 6.10 Å². The number of benzene rings is 1. The van der Waals surface area contributed by atoms with Crippen LogP contribution in [0.15, 0.2) is 48.3 Å². The van der Waals surface area contributed by atoms with Crippen LogP contribution in [0, 0.1) is 0 Å². The van der Waals surface area contributed by atoms with E-state index in [1.807, 2.05) is 44.2 Å². The Hall–Kier alpha value is -1.77. The first-order valence-electron chi connectivity index (χ1n) is 5.22. The first kappa shape index (κ1) is 12.3. The van der Waals surface area contributed by atoms with Crippen LogP contribution in [0.4, 0.5) is 0 Å². The first-order valence-corrected chi connectivity index (χ1v) is 5.22. The Kier molecular flexibility index (Phi) is 5.12. The minimum absolute atomic E-state index is 0.0372. The summed E-state index contributed by atoms with van der Waals surface area (Å²) in [7, 11) is 0. The number of rotatable bonds is 6. The molecule has 0 saturated carbocycles. The number of ether oxygens (including phenoxy) is 1. The number of oxime groups is 1. The van der Waals surface area contributed by atoms with Crippen molar-refractivity contribution < 1.29 is 9.57 Å². The summed E-state index contributed by atoms with van der Waals surface area (Å²) in [6.45, 7) is 7.70. The lowest BCUT2D eigenvalue weighted by Crippen LogP contribution is -2.11. The van der Waals surface area contributed by atoms with E-state index in [0.717, 1.165) is 11.3 Å². The quantitative estimate of drug-likeness (QED) is 0.418. The molecular formula is C13H17NO2. The maximum absolute atomic E-state index is 5.18. The molecule has 0 aliphatic carbocycles. The van der Waals surface area contributed by atoms with Crippen molar-refractivity contribution >= 4 is 5.71 Å². The van der Waals surface area contributed by atoms with Gasteiger partial charge in [0.2, 0.25) is 0 Å². The van der Waals surface area contributed by atoms with Crippen molar-refractivity contribution in [3.8, 4) is 0 Å². The number of nitrogens with zero attached hydrogens (tertiary/aromatic N) is 1. The van der Waals surface area contributed by atoms with Gasteiger partial charge in [-0.15, -0.1) is 0 Å². The third-order valence-electron chi connectivity index (χ3n) is 2.03. The van der Waals surface area contributed by atoms with E-state index in [2.05, 4.69) is 11.7 Å². The topological polar surface area (TPSA) is 30.8 Å². The van der Waals surface area contributed by atoms with Crippen LogP contribution in [-0.2, 0) is 9.57 Å². The van der Waals surface area contributed by atoms with Gasteiger partial charge in [-0.3, -0.25) is 0 Å². The molecule has 0 bridgehead atoms. The highest BCUT2D eigenvalue weighted by atomic mass is 16.6. The predicted molar refractivity (Wildman–Crippen MR) is 65.3 cm³/mol. The number of hydrogen-bond acceptors (Lipinski definition) is 3. The van der Waals surface area contributed by atoms with E-state index in [0.29, 0.717) is 6.61 Å². The van der Waals surface area contributed by atoms with Gasteiger partial charge in [-0.1, -0.05) is 42.1 Å². The summed E-state index contributed by atoms with van der Waals surface area (Å²) in [5, 5.41) is 4.02. The molecule has 1 rings (SSSR count). The van der Waals surface area contributed by atoms with Crippen LogP contribution in [0.3, 0.4) is 0 Å². The molecule has 3 nitrogen and oxygen atoms in total. The van der Waals surface area contributed by atoms with Gasteiger partial charge in [0.15, 0.2) is 6.61 Å². The van der Waals surface area contributed by atoms with Crippen molar-refractivity contribution in [2.75, 3.05) is 6.61 Å². The van der Waals surface area contributed by atoms with Crippen LogP contribution in [0.1, 0.15) is 19.4 Å². The molecule has 0 aliphatic heterocycles. The lowest BCUT2D eigenvalue weighted by Gasteiger charge is -2.09. The van der Waals surface area contributed by atoms with Crippen LogP contribution in [0.25, 0.3) is 0 Å². The van der Waals surface area contributed by atoms with Crippen molar-refractivity contribution in [2.45, 2.75) is 20.0 Å². The summed E-state index contributed by atoms with van der Waals surface area (Å²) in [5.41, 5.74) is 1.91. The van der Waals surface area contributed by atoms with Crippen LogP contribution in [-0.4, -0.2) is 18.4 Å². The predicted octanol–water partition coefficient (Wildman–Crippen LogP) is 2.98. The summed E-state index contributed by atoms with van der Waals surface area (Å²) >= 11 is 0. The average Bonchev–Trinajstić information content (AvgIpc) is 2.30. The van der Waals surface area contributed by atoms with Crippen molar-refractivity contribution in [1.29, 1.82) is 0 Å². The highest BCUT2D eigenvalue weighted by molar-refractivity contribution is 5.98. The average molecular weight is 219 g/mol. The van der Waals surface area contributed by atoms with E-state index >= 15 is 0 Å². The van der Waals surface area contributed by atoms with Crippen molar-refractivity contribution in [3.05, 3.63) is 48.7 Å². The minimum Gasteiger partial charge on any atom is -0.495 e. The molecule has 1 aromatic rings. The molecule has 0 heterocycles. The Morgan fingerprint density at radius 2 is 2.12 bits per heavy atom. The molecule has 0 aromatic heterocycles. The lowest BCUT2D eigenvalue weighted by molar-refractivity contribution is 0.0403. The summed E-state index contributed by atoms with van der Waals surface area (Å²) in [6.07, 6.45) is 1.37. The molecule has 0 amide bonds. The van der Waals surface area contributed by atoms with Gasteiger partial charge in [-0.2, -0.15) is 0 Å². The lowest BCUT2D eigenvalue weighted by atomic mass is 10.1. The van der Waals surface area contributed by atoms with Gasteiger partial charge in [0, 0.05) is 0 Å². The molecule has 0 spiro atoms. The van der Waals surface area contributed by atoms with Gasteiger partial charge in [0.25, 0.3) is 0 Å². The van der Waals surface area contributed by atoms with Crippen LogP contribution in [0.5, 0.6) is 0 Å². The Labute approximate surface area is 96.4 Å². The summed E-state index contributed by atoms with van der Waals surface area (Å²) < 4.78 is 5.10. The minimum atomic E-state index is -0.0372. The summed E-state index contributed by atoms with van der Waals surface area (Å²) in [5.74, 6) is 0. The molecule has 16 heavy (non-hydrogen) atoms. The molecule has 0 saturated heterocycles. The van der Waals surface area contributed by atoms with Crippen LogP contribution < -0.4 is 0 Å². The van der Waals surface area contributed by atoms with Crippen LogP contribution in [0.2, 0.25) is 0 Å². The fourth-order valence-electron chi connectivity index (χ4n) is 1.17. The second kappa shape index (κ2) is 6.67. The zero-order chi connectivity index (χ0) is 11.8. The van der Waals surface area contributed by atoms with Gasteiger partial charge in [0.05, 0.1) is 12.0 Å². The fraction of sp³-hybridized carbons (Fsp3) is 0.308. The van der Waals surface area contributed by atoms with Gasteiger partial charge in [-0.05, 0) is 19.4 Å². The molecule has 3 heteroatoms. The van der Waals surface area contributed by atoms with Gasteiger partial charge < -0.3 is 9.57 Å². The Balaban J connectivity index is 2.43. The Bertz CT molecular complexity index is 346. The SMILES string of the molecule is C=COC(C)CON=C(C)c1ccccc1. The highest BCUT2D eigenvalue weighted by Gasteiger charge is 2.00. The summed E-state index contributed by atoms with van der Waals surface area (Å²) in [6, 6.07) is 9.89. The Morgan fingerprint density at radius 3 is 2.75 bits per heavy atom. The van der Waals surface area contributed by atoms with E-state index in [9.17, 15) is 0 Å². The first-order chi connectivity index (χ1) is 7.74. The molecule has 86 valence electrons. The van der Waals surface area contributed by atoms with E-state index in [1.165, 1.54) is 6.26 Å². The molecule has 1 atom stereocenters. The van der Waals surface area contributed by atoms with Gasteiger partial charge >= 0.3 is 0 Å². The zero-order valence-electron chi connectivity index (χ0n) is 9.72. The molecule has 0 aliphatic rings. The molecule has 1 unspecified atom stereocenters. The monoisotopic (exact) mass is 219 g/mol. The Morgan fingerprint density at radius 1 is 1.44 bits per heavy atom.